The molecule has 1 saturated heterocycles. The number of benzene rings is 1. The quantitative estimate of drug-likeness (QED) is 0.844. The van der Waals surface area contributed by atoms with Gasteiger partial charge in [-0.25, -0.2) is 0 Å². The van der Waals surface area contributed by atoms with Gasteiger partial charge in [-0.15, -0.1) is 0 Å². The first kappa shape index (κ1) is 11.2. The summed E-state index contributed by atoms with van der Waals surface area (Å²) in [7, 11) is 0. The van der Waals surface area contributed by atoms with E-state index in [9.17, 15) is 5.11 Å². The lowest BCUT2D eigenvalue weighted by molar-refractivity contribution is -0.0707. The Morgan fingerprint density at radius 3 is 2.35 bits per heavy atom. The zero-order chi connectivity index (χ0) is 11.9. The SMILES string of the molecule is C[C@@]1(O)C2CC[C@@H]1CN(Cc1ccccc1)C2. The lowest BCUT2D eigenvalue weighted by atomic mass is 9.82. The summed E-state index contributed by atoms with van der Waals surface area (Å²) in [5.41, 5.74) is 0.973. The van der Waals surface area contributed by atoms with Crippen LogP contribution in [0.25, 0.3) is 0 Å². The maximum atomic E-state index is 10.4. The molecule has 92 valence electrons. The average Bonchev–Trinajstić information content (AvgIpc) is 2.53. The van der Waals surface area contributed by atoms with Crippen LogP contribution in [0.4, 0.5) is 0 Å². The van der Waals surface area contributed by atoms with Gasteiger partial charge in [-0.3, -0.25) is 4.90 Å². The van der Waals surface area contributed by atoms with Crippen LogP contribution in [-0.4, -0.2) is 28.7 Å². The monoisotopic (exact) mass is 231 g/mol. The predicted octanol–water partition coefficient (Wildman–Crippen LogP) is 2.28. The standard InChI is InChI=1S/C15H21NO/c1-15(17)13-7-8-14(15)11-16(10-13)9-12-5-3-2-4-6-12/h2-6,13-14,17H,7-11H2,1H3/t13-,14?,15+/m1/s1. The lowest BCUT2D eigenvalue weighted by Gasteiger charge is -2.42. The van der Waals surface area contributed by atoms with Crippen LogP contribution >= 0.6 is 0 Å². The van der Waals surface area contributed by atoms with Gasteiger partial charge >= 0.3 is 0 Å². The van der Waals surface area contributed by atoms with Crippen LogP contribution in [0.1, 0.15) is 25.3 Å². The maximum Gasteiger partial charge on any atom is 0.0700 e. The van der Waals surface area contributed by atoms with Crippen molar-refractivity contribution in [2.24, 2.45) is 11.8 Å². The molecule has 0 aromatic heterocycles. The van der Waals surface area contributed by atoms with Gasteiger partial charge in [-0.05, 0) is 25.3 Å². The number of likely N-dealkylation sites (tertiary alicyclic amines) is 1. The van der Waals surface area contributed by atoms with Crippen molar-refractivity contribution in [2.75, 3.05) is 13.1 Å². The third-order valence-electron chi connectivity index (χ3n) is 4.72. The van der Waals surface area contributed by atoms with Crippen LogP contribution in [-0.2, 0) is 6.54 Å². The van der Waals surface area contributed by atoms with Gasteiger partial charge in [-0.1, -0.05) is 30.3 Å². The lowest BCUT2D eigenvalue weighted by Crippen LogP contribution is -2.51. The first-order valence-corrected chi connectivity index (χ1v) is 6.65. The van der Waals surface area contributed by atoms with Gasteiger partial charge in [0.15, 0.2) is 0 Å². The van der Waals surface area contributed by atoms with Crippen LogP contribution in [0.15, 0.2) is 30.3 Å². The van der Waals surface area contributed by atoms with Crippen LogP contribution in [0.2, 0.25) is 0 Å². The fourth-order valence-electron chi connectivity index (χ4n) is 3.54. The second-order valence-corrected chi connectivity index (χ2v) is 5.88. The van der Waals surface area contributed by atoms with Gasteiger partial charge in [-0.2, -0.15) is 0 Å². The number of hydrogen-bond donors (Lipinski definition) is 1. The minimum Gasteiger partial charge on any atom is -0.390 e. The normalized spacial score (nSPS) is 37.3. The zero-order valence-corrected chi connectivity index (χ0v) is 10.5. The van der Waals surface area contributed by atoms with Crippen LogP contribution in [0.5, 0.6) is 0 Å². The van der Waals surface area contributed by atoms with Crippen molar-refractivity contribution in [2.45, 2.75) is 31.9 Å². The molecule has 1 aromatic rings. The van der Waals surface area contributed by atoms with E-state index >= 15 is 0 Å². The number of piperidine rings is 1. The third-order valence-corrected chi connectivity index (χ3v) is 4.72. The van der Waals surface area contributed by atoms with Crippen molar-refractivity contribution in [3.63, 3.8) is 0 Å². The van der Waals surface area contributed by atoms with Crippen molar-refractivity contribution in [3.8, 4) is 0 Å². The molecule has 1 unspecified atom stereocenters. The third kappa shape index (κ3) is 2.00. The zero-order valence-electron chi connectivity index (χ0n) is 10.5. The van der Waals surface area contributed by atoms with E-state index in [-0.39, 0.29) is 0 Å². The van der Waals surface area contributed by atoms with Crippen molar-refractivity contribution in [1.82, 2.24) is 4.90 Å². The largest absolute Gasteiger partial charge is 0.390 e. The Labute approximate surface area is 103 Å². The molecule has 1 heterocycles. The van der Waals surface area contributed by atoms with Gasteiger partial charge in [0.25, 0.3) is 0 Å². The van der Waals surface area contributed by atoms with Crippen LogP contribution < -0.4 is 0 Å². The molecule has 3 rings (SSSR count). The molecular formula is C15H21NO. The molecule has 1 saturated carbocycles. The van der Waals surface area contributed by atoms with E-state index in [1.807, 2.05) is 6.92 Å². The Morgan fingerprint density at radius 1 is 1.18 bits per heavy atom. The highest BCUT2D eigenvalue weighted by Crippen LogP contribution is 2.44. The summed E-state index contributed by atoms with van der Waals surface area (Å²) < 4.78 is 0. The molecule has 17 heavy (non-hydrogen) atoms. The first-order valence-electron chi connectivity index (χ1n) is 6.65. The molecule has 2 fully saturated rings. The minimum atomic E-state index is -0.410. The van der Waals surface area contributed by atoms with E-state index in [2.05, 4.69) is 35.2 Å². The first-order chi connectivity index (χ1) is 8.16. The molecule has 2 nitrogen and oxygen atoms in total. The summed E-state index contributed by atoms with van der Waals surface area (Å²) in [6.45, 7) is 5.18. The highest BCUT2D eigenvalue weighted by atomic mass is 16.3. The second-order valence-electron chi connectivity index (χ2n) is 5.88. The molecule has 1 N–H and O–H groups in total. The fourth-order valence-corrected chi connectivity index (χ4v) is 3.54. The van der Waals surface area contributed by atoms with Crippen LogP contribution in [0.3, 0.4) is 0 Å². The van der Waals surface area contributed by atoms with Crippen molar-refractivity contribution >= 4 is 0 Å². The summed E-state index contributed by atoms with van der Waals surface area (Å²) in [5.74, 6) is 0.954. The van der Waals surface area contributed by atoms with E-state index < -0.39 is 5.60 Å². The summed E-state index contributed by atoms with van der Waals surface area (Å²) in [6.07, 6.45) is 2.39. The Hall–Kier alpha value is -0.860. The van der Waals surface area contributed by atoms with E-state index in [1.54, 1.807) is 0 Å². The summed E-state index contributed by atoms with van der Waals surface area (Å²) in [6, 6.07) is 10.6. The maximum absolute atomic E-state index is 10.4. The Balaban J connectivity index is 1.69. The molecule has 3 atom stereocenters. The van der Waals surface area contributed by atoms with Gasteiger partial charge in [0.2, 0.25) is 0 Å². The molecular weight excluding hydrogens is 210 g/mol. The molecule has 0 radical (unpaired) electrons. The number of hydrogen-bond acceptors (Lipinski definition) is 2. The van der Waals surface area contributed by atoms with Crippen molar-refractivity contribution in [1.29, 1.82) is 0 Å². The summed E-state index contributed by atoms with van der Waals surface area (Å²) >= 11 is 0. The minimum absolute atomic E-state index is 0.410. The van der Waals surface area contributed by atoms with Gasteiger partial charge in [0.05, 0.1) is 5.60 Å². The van der Waals surface area contributed by atoms with Gasteiger partial charge in [0, 0.05) is 31.5 Å². The smallest absolute Gasteiger partial charge is 0.0700 e. The van der Waals surface area contributed by atoms with E-state index in [0.29, 0.717) is 11.8 Å². The molecule has 2 heteroatoms. The number of fused-ring (bicyclic) bond motifs is 2. The Bertz CT molecular complexity index is 371. The van der Waals surface area contributed by atoms with Crippen LogP contribution in [0, 0.1) is 11.8 Å². The van der Waals surface area contributed by atoms with Gasteiger partial charge in [0.1, 0.15) is 0 Å². The molecule has 1 aliphatic heterocycles. The second kappa shape index (κ2) is 4.11. The number of rotatable bonds is 2. The molecule has 0 amide bonds. The van der Waals surface area contributed by atoms with E-state index in [1.165, 1.54) is 18.4 Å². The predicted molar refractivity (Wildman–Crippen MR) is 68.6 cm³/mol. The van der Waals surface area contributed by atoms with E-state index in [0.717, 1.165) is 19.6 Å². The average molecular weight is 231 g/mol. The number of nitrogens with zero attached hydrogens (tertiary/aromatic N) is 1. The highest BCUT2D eigenvalue weighted by molar-refractivity contribution is 5.15. The highest BCUT2D eigenvalue weighted by Gasteiger charge is 2.49. The van der Waals surface area contributed by atoms with E-state index in [4.69, 9.17) is 0 Å². The summed E-state index contributed by atoms with van der Waals surface area (Å²) in [4.78, 5) is 2.51. The Kier molecular flexibility index (Phi) is 2.72. The molecule has 1 aliphatic carbocycles. The summed E-state index contributed by atoms with van der Waals surface area (Å²) in [5, 5.41) is 10.4. The molecule has 1 aromatic carbocycles. The fraction of sp³-hybridized carbons (Fsp3) is 0.600. The number of aliphatic hydroxyl groups is 1. The van der Waals surface area contributed by atoms with Gasteiger partial charge < -0.3 is 5.11 Å². The van der Waals surface area contributed by atoms with Crippen molar-refractivity contribution in [3.05, 3.63) is 35.9 Å². The van der Waals surface area contributed by atoms with Crippen molar-refractivity contribution < 1.29 is 5.11 Å². The topological polar surface area (TPSA) is 23.5 Å². The molecule has 0 spiro atoms. The Morgan fingerprint density at radius 2 is 1.76 bits per heavy atom. The molecule has 2 aliphatic rings. The molecule has 2 bridgehead atoms.